The number of allylic oxidation sites excluding steroid dienone is 1. The third-order valence-corrected chi connectivity index (χ3v) is 3.65. The standard InChI is InChI=1S/C20H21NO3/c1-14(2)3-4-15-5-7-16(8-6-15)20(22)21-17-9-10-18-19(13-17)24-12-11-23-18/h3-10,13-14H,11-12H2,1-2H3,(H,21,22). The first-order valence-corrected chi connectivity index (χ1v) is 8.11. The van der Waals surface area contributed by atoms with E-state index in [2.05, 4.69) is 31.3 Å². The molecule has 1 amide bonds. The second kappa shape index (κ2) is 7.21. The van der Waals surface area contributed by atoms with Crippen LogP contribution in [0.2, 0.25) is 0 Å². The Morgan fingerprint density at radius 2 is 1.75 bits per heavy atom. The molecule has 0 radical (unpaired) electrons. The number of carbonyl (C=O) groups excluding carboxylic acids is 1. The Bertz CT molecular complexity index is 748. The quantitative estimate of drug-likeness (QED) is 0.908. The fourth-order valence-electron chi connectivity index (χ4n) is 2.37. The minimum Gasteiger partial charge on any atom is -0.486 e. The molecule has 0 aliphatic carbocycles. The Morgan fingerprint density at radius 3 is 2.46 bits per heavy atom. The maximum Gasteiger partial charge on any atom is 0.255 e. The van der Waals surface area contributed by atoms with Gasteiger partial charge in [-0.2, -0.15) is 0 Å². The number of carbonyl (C=O) groups is 1. The van der Waals surface area contributed by atoms with E-state index in [-0.39, 0.29) is 5.91 Å². The lowest BCUT2D eigenvalue weighted by molar-refractivity contribution is 0.102. The number of ether oxygens (including phenoxy) is 2. The summed E-state index contributed by atoms with van der Waals surface area (Å²) < 4.78 is 11.0. The highest BCUT2D eigenvalue weighted by Crippen LogP contribution is 2.32. The lowest BCUT2D eigenvalue weighted by Gasteiger charge is -2.19. The molecule has 0 spiro atoms. The molecule has 0 bridgehead atoms. The topological polar surface area (TPSA) is 47.6 Å². The molecule has 4 heteroatoms. The van der Waals surface area contributed by atoms with Crippen molar-refractivity contribution in [1.29, 1.82) is 0 Å². The van der Waals surface area contributed by atoms with Crippen molar-refractivity contribution in [2.24, 2.45) is 5.92 Å². The Kier molecular flexibility index (Phi) is 4.85. The van der Waals surface area contributed by atoms with Crippen LogP contribution in [0.25, 0.3) is 6.08 Å². The van der Waals surface area contributed by atoms with Crippen LogP contribution < -0.4 is 14.8 Å². The molecule has 2 aromatic carbocycles. The van der Waals surface area contributed by atoms with Crippen molar-refractivity contribution in [2.75, 3.05) is 18.5 Å². The maximum atomic E-state index is 12.4. The Morgan fingerprint density at radius 1 is 1.04 bits per heavy atom. The second-order valence-corrected chi connectivity index (χ2v) is 6.04. The number of benzene rings is 2. The van der Waals surface area contributed by atoms with E-state index in [1.807, 2.05) is 36.4 Å². The summed E-state index contributed by atoms with van der Waals surface area (Å²) in [6.45, 7) is 5.34. The van der Waals surface area contributed by atoms with E-state index in [0.717, 1.165) is 5.56 Å². The van der Waals surface area contributed by atoms with E-state index in [0.29, 0.717) is 41.9 Å². The number of hydrogen-bond acceptors (Lipinski definition) is 3. The van der Waals surface area contributed by atoms with Gasteiger partial charge in [-0.25, -0.2) is 0 Å². The molecule has 1 N–H and O–H groups in total. The van der Waals surface area contributed by atoms with Gasteiger partial charge in [-0.1, -0.05) is 38.1 Å². The van der Waals surface area contributed by atoms with Crippen molar-refractivity contribution in [3.05, 3.63) is 59.7 Å². The molecule has 0 fully saturated rings. The third kappa shape index (κ3) is 3.96. The smallest absolute Gasteiger partial charge is 0.255 e. The average molecular weight is 323 g/mol. The van der Waals surface area contributed by atoms with Gasteiger partial charge in [-0.3, -0.25) is 4.79 Å². The normalized spacial score (nSPS) is 13.3. The fraction of sp³-hybridized carbons (Fsp3) is 0.250. The summed E-state index contributed by atoms with van der Waals surface area (Å²) in [5.41, 5.74) is 2.39. The summed E-state index contributed by atoms with van der Waals surface area (Å²) in [6.07, 6.45) is 4.19. The molecule has 1 aliphatic rings. The van der Waals surface area contributed by atoms with E-state index in [1.54, 1.807) is 6.07 Å². The van der Waals surface area contributed by atoms with Crippen molar-refractivity contribution >= 4 is 17.7 Å². The van der Waals surface area contributed by atoms with Crippen LogP contribution in [0.5, 0.6) is 11.5 Å². The van der Waals surface area contributed by atoms with E-state index < -0.39 is 0 Å². The maximum absolute atomic E-state index is 12.4. The fourth-order valence-corrected chi connectivity index (χ4v) is 2.37. The molecule has 0 unspecified atom stereocenters. The van der Waals surface area contributed by atoms with Crippen LogP contribution in [-0.4, -0.2) is 19.1 Å². The second-order valence-electron chi connectivity index (χ2n) is 6.04. The van der Waals surface area contributed by atoms with Gasteiger partial charge in [-0.15, -0.1) is 0 Å². The highest BCUT2D eigenvalue weighted by atomic mass is 16.6. The van der Waals surface area contributed by atoms with Crippen LogP contribution in [-0.2, 0) is 0 Å². The van der Waals surface area contributed by atoms with Gasteiger partial charge in [0.25, 0.3) is 5.91 Å². The molecule has 0 aromatic heterocycles. The highest BCUT2D eigenvalue weighted by molar-refractivity contribution is 6.04. The number of hydrogen-bond donors (Lipinski definition) is 1. The van der Waals surface area contributed by atoms with E-state index in [4.69, 9.17) is 9.47 Å². The number of amides is 1. The van der Waals surface area contributed by atoms with Crippen LogP contribution in [0.1, 0.15) is 29.8 Å². The Hall–Kier alpha value is -2.75. The monoisotopic (exact) mass is 323 g/mol. The first kappa shape index (κ1) is 16.1. The molecule has 24 heavy (non-hydrogen) atoms. The molecule has 4 nitrogen and oxygen atoms in total. The Balaban J connectivity index is 1.68. The van der Waals surface area contributed by atoms with Crippen molar-refractivity contribution < 1.29 is 14.3 Å². The zero-order valence-electron chi connectivity index (χ0n) is 13.9. The molecule has 3 rings (SSSR count). The lowest BCUT2D eigenvalue weighted by Crippen LogP contribution is -2.16. The molecule has 0 atom stereocenters. The van der Waals surface area contributed by atoms with Gasteiger partial charge in [-0.05, 0) is 35.7 Å². The van der Waals surface area contributed by atoms with Crippen molar-refractivity contribution in [2.45, 2.75) is 13.8 Å². The highest BCUT2D eigenvalue weighted by Gasteiger charge is 2.13. The van der Waals surface area contributed by atoms with Crippen LogP contribution >= 0.6 is 0 Å². The molecule has 0 saturated carbocycles. The van der Waals surface area contributed by atoms with Crippen molar-refractivity contribution in [3.8, 4) is 11.5 Å². The molecule has 124 valence electrons. The number of nitrogens with one attached hydrogen (secondary N) is 1. The van der Waals surface area contributed by atoms with Gasteiger partial charge in [0, 0.05) is 17.3 Å². The minimum absolute atomic E-state index is 0.147. The molecule has 1 aliphatic heterocycles. The van der Waals surface area contributed by atoms with Gasteiger partial charge in [0.05, 0.1) is 0 Å². The largest absolute Gasteiger partial charge is 0.486 e. The predicted octanol–water partition coefficient (Wildman–Crippen LogP) is 4.38. The van der Waals surface area contributed by atoms with E-state index >= 15 is 0 Å². The lowest BCUT2D eigenvalue weighted by atomic mass is 10.1. The first-order chi connectivity index (χ1) is 11.6. The summed E-state index contributed by atoms with van der Waals surface area (Å²) in [5.74, 6) is 1.73. The van der Waals surface area contributed by atoms with Crippen LogP contribution in [0, 0.1) is 5.92 Å². The summed E-state index contributed by atoms with van der Waals surface area (Å²) in [4.78, 5) is 12.4. The van der Waals surface area contributed by atoms with Crippen LogP contribution in [0.4, 0.5) is 5.69 Å². The van der Waals surface area contributed by atoms with Crippen LogP contribution in [0.3, 0.4) is 0 Å². The zero-order valence-corrected chi connectivity index (χ0v) is 13.9. The third-order valence-electron chi connectivity index (χ3n) is 3.65. The van der Waals surface area contributed by atoms with Crippen molar-refractivity contribution in [3.63, 3.8) is 0 Å². The summed E-state index contributed by atoms with van der Waals surface area (Å²) in [7, 11) is 0. The predicted molar refractivity (Wildman–Crippen MR) is 95.7 cm³/mol. The van der Waals surface area contributed by atoms with E-state index in [9.17, 15) is 4.79 Å². The molecular weight excluding hydrogens is 302 g/mol. The van der Waals surface area contributed by atoms with Crippen molar-refractivity contribution in [1.82, 2.24) is 0 Å². The number of rotatable bonds is 4. The van der Waals surface area contributed by atoms with Gasteiger partial charge in [0.15, 0.2) is 11.5 Å². The number of anilines is 1. The van der Waals surface area contributed by atoms with E-state index in [1.165, 1.54) is 0 Å². The summed E-state index contributed by atoms with van der Waals surface area (Å²) in [5, 5.41) is 2.89. The SMILES string of the molecule is CC(C)C=Cc1ccc(C(=O)Nc2ccc3c(c2)OCCO3)cc1. The molecule has 2 aromatic rings. The van der Waals surface area contributed by atoms with Gasteiger partial charge < -0.3 is 14.8 Å². The Labute approximate surface area is 142 Å². The van der Waals surface area contributed by atoms with Crippen LogP contribution in [0.15, 0.2) is 48.5 Å². The summed E-state index contributed by atoms with van der Waals surface area (Å²) in [6, 6.07) is 12.9. The average Bonchev–Trinajstić information content (AvgIpc) is 2.60. The molecule has 0 saturated heterocycles. The van der Waals surface area contributed by atoms with Gasteiger partial charge >= 0.3 is 0 Å². The minimum atomic E-state index is -0.147. The van der Waals surface area contributed by atoms with Gasteiger partial charge in [0.2, 0.25) is 0 Å². The first-order valence-electron chi connectivity index (χ1n) is 8.11. The molecular formula is C20H21NO3. The van der Waals surface area contributed by atoms with Gasteiger partial charge in [0.1, 0.15) is 13.2 Å². The number of fused-ring (bicyclic) bond motifs is 1. The molecule has 1 heterocycles. The zero-order chi connectivity index (χ0) is 16.9. The summed E-state index contributed by atoms with van der Waals surface area (Å²) >= 11 is 0.